The van der Waals surface area contributed by atoms with E-state index in [0.717, 1.165) is 12.4 Å². The minimum atomic E-state index is -5.42. The van der Waals surface area contributed by atoms with Crippen LogP contribution in [0.3, 0.4) is 0 Å². The molecular weight excluding hydrogens is 223 g/mol. The SMILES string of the molecule is COC(=O)N[C@](O)(C(=O)OC)C(F)(F)F. The Kier molecular flexibility index (Phi) is 3.90. The van der Waals surface area contributed by atoms with E-state index < -0.39 is 24.0 Å². The number of aliphatic hydroxyl groups is 1. The summed E-state index contributed by atoms with van der Waals surface area (Å²) in [4.78, 5) is 21.2. The number of alkyl carbamates (subject to hydrolysis) is 1. The van der Waals surface area contributed by atoms with Crippen molar-refractivity contribution in [2.24, 2.45) is 0 Å². The molecule has 2 N–H and O–H groups in total. The van der Waals surface area contributed by atoms with E-state index in [2.05, 4.69) is 9.47 Å². The average Bonchev–Trinajstić information content (AvgIpc) is 2.14. The molecule has 9 heteroatoms. The molecular formula is C6H8F3NO5. The molecule has 88 valence electrons. The lowest BCUT2D eigenvalue weighted by molar-refractivity contribution is -0.268. The summed E-state index contributed by atoms with van der Waals surface area (Å²) in [6, 6.07) is 0. The van der Waals surface area contributed by atoms with Gasteiger partial charge < -0.3 is 14.6 Å². The molecule has 0 saturated heterocycles. The van der Waals surface area contributed by atoms with Gasteiger partial charge in [0.2, 0.25) is 0 Å². The highest BCUT2D eigenvalue weighted by Crippen LogP contribution is 2.29. The normalized spacial score (nSPS) is 15.1. The van der Waals surface area contributed by atoms with E-state index in [-0.39, 0.29) is 0 Å². The van der Waals surface area contributed by atoms with Crippen molar-refractivity contribution in [2.75, 3.05) is 14.2 Å². The molecule has 0 unspecified atom stereocenters. The quantitative estimate of drug-likeness (QED) is 0.506. The van der Waals surface area contributed by atoms with Crippen molar-refractivity contribution in [1.29, 1.82) is 0 Å². The third-order valence-corrected chi connectivity index (χ3v) is 1.36. The molecule has 1 atom stereocenters. The molecule has 6 nitrogen and oxygen atoms in total. The number of hydrogen-bond acceptors (Lipinski definition) is 5. The van der Waals surface area contributed by atoms with E-state index in [0.29, 0.717) is 7.11 Å². The van der Waals surface area contributed by atoms with Crippen LogP contribution in [0.2, 0.25) is 0 Å². The first-order valence-electron chi connectivity index (χ1n) is 3.42. The van der Waals surface area contributed by atoms with Gasteiger partial charge in [-0.25, -0.2) is 9.59 Å². The number of alkyl halides is 3. The van der Waals surface area contributed by atoms with Crippen LogP contribution in [0.1, 0.15) is 0 Å². The molecule has 0 saturated carbocycles. The zero-order valence-electron chi connectivity index (χ0n) is 7.71. The molecule has 0 aliphatic carbocycles. The maximum Gasteiger partial charge on any atom is 0.448 e. The van der Waals surface area contributed by atoms with Gasteiger partial charge in [-0.2, -0.15) is 13.2 Å². The summed E-state index contributed by atoms with van der Waals surface area (Å²) in [5.74, 6) is -2.07. The highest BCUT2D eigenvalue weighted by atomic mass is 19.4. The van der Waals surface area contributed by atoms with E-state index in [9.17, 15) is 22.8 Å². The molecule has 15 heavy (non-hydrogen) atoms. The number of hydrogen-bond donors (Lipinski definition) is 2. The monoisotopic (exact) mass is 231 g/mol. The molecule has 1 amide bonds. The van der Waals surface area contributed by atoms with Crippen LogP contribution < -0.4 is 5.32 Å². The smallest absolute Gasteiger partial charge is 0.448 e. The van der Waals surface area contributed by atoms with Gasteiger partial charge in [0.05, 0.1) is 14.2 Å². The number of ether oxygens (including phenoxy) is 2. The Morgan fingerprint density at radius 2 is 1.67 bits per heavy atom. The van der Waals surface area contributed by atoms with Crippen LogP contribution in [0.4, 0.5) is 18.0 Å². The lowest BCUT2D eigenvalue weighted by Gasteiger charge is -2.27. The molecule has 0 aromatic heterocycles. The number of esters is 1. The van der Waals surface area contributed by atoms with Gasteiger partial charge in [0, 0.05) is 0 Å². The largest absolute Gasteiger partial charge is 0.465 e. The van der Waals surface area contributed by atoms with E-state index in [1.807, 2.05) is 0 Å². The third kappa shape index (κ3) is 2.72. The van der Waals surface area contributed by atoms with Crippen LogP contribution in [-0.4, -0.2) is 43.3 Å². The first kappa shape index (κ1) is 13.5. The predicted molar refractivity (Wildman–Crippen MR) is 38.6 cm³/mol. The fourth-order valence-corrected chi connectivity index (χ4v) is 0.584. The van der Waals surface area contributed by atoms with Gasteiger partial charge in [-0.05, 0) is 0 Å². The topological polar surface area (TPSA) is 84.9 Å². The Morgan fingerprint density at radius 1 is 1.20 bits per heavy atom. The second-order valence-corrected chi connectivity index (χ2v) is 2.32. The van der Waals surface area contributed by atoms with Crippen LogP contribution >= 0.6 is 0 Å². The Balaban J connectivity index is 5.04. The van der Waals surface area contributed by atoms with Gasteiger partial charge in [0.1, 0.15) is 0 Å². The van der Waals surface area contributed by atoms with E-state index in [4.69, 9.17) is 5.11 Å². The second kappa shape index (κ2) is 4.34. The summed E-state index contributed by atoms with van der Waals surface area (Å²) in [5, 5.41) is 9.83. The van der Waals surface area contributed by atoms with Crippen molar-refractivity contribution in [3.8, 4) is 0 Å². The molecule has 0 aliphatic rings. The van der Waals surface area contributed by atoms with E-state index >= 15 is 0 Å². The highest BCUT2D eigenvalue weighted by molar-refractivity contribution is 5.84. The summed E-state index contributed by atoms with van der Waals surface area (Å²) in [6.07, 6.45) is -7.05. The van der Waals surface area contributed by atoms with Crippen molar-refractivity contribution in [2.45, 2.75) is 11.9 Å². The zero-order valence-corrected chi connectivity index (χ0v) is 7.71. The number of halogens is 3. The van der Waals surface area contributed by atoms with Gasteiger partial charge in [0.25, 0.3) is 0 Å². The van der Waals surface area contributed by atoms with Crippen LogP contribution in [0.15, 0.2) is 0 Å². The lowest BCUT2D eigenvalue weighted by Crippen LogP contribution is -2.64. The molecule has 0 heterocycles. The molecule has 0 rings (SSSR count). The summed E-state index contributed by atoms with van der Waals surface area (Å²) >= 11 is 0. The first-order valence-corrected chi connectivity index (χ1v) is 3.42. The zero-order chi connectivity index (χ0) is 12.3. The first-order chi connectivity index (χ1) is 6.69. The van der Waals surface area contributed by atoms with Crippen molar-refractivity contribution in [3.05, 3.63) is 0 Å². The van der Waals surface area contributed by atoms with Crippen LogP contribution in [-0.2, 0) is 14.3 Å². The van der Waals surface area contributed by atoms with Crippen molar-refractivity contribution in [3.63, 3.8) is 0 Å². The number of nitrogens with one attached hydrogen (secondary N) is 1. The predicted octanol–water partition coefficient (Wildman–Crippen LogP) is -0.234. The van der Waals surface area contributed by atoms with Crippen LogP contribution in [0.5, 0.6) is 0 Å². The van der Waals surface area contributed by atoms with Gasteiger partial charge >= 0.3 is 24.0 Å². The minimum absolute atomic E-state index is 0.623. The van der Waals surface area contributed by atoms with Gasteiger partial charge in [-0.15, -0.1) is 0 Å². The number of carbonyl (C=O) groups is 2. The maximum atomic E-state index is 12.2. The Bertz CT molecular complexity index is 266. The molecule has 0 bridgehead atoms. The fraction of sp³-hybridized carbons (Fsp3) is 0.667. The maximum absolute atomic E-state index is 12.2. The third-order valence-electron chi connectivity index (χ3n) is 1.36. The molecule has 0 spiro atoms. The van der Waals surface area contributed by atoms with Crippen LogP contribution in [0.25, 0.3) is 0 Å². The lowest BCUT2D eigenvalue weighted by atomic mass is 10.2. The summed E-state index contributed by atoms with van der Waals surface area (Å²) in [6.45, 7) is 0. The molecule has 0 aromatic carbocycles. The van der Waals surface area contributed by atoms with Crippen molar-refractivity contribution in [1.82, 2.24) is 5.32 Å². The molecule has 0 aliphatic heterocycles. The molecule has 0 aromatic rings. The van der Waals surface area contributed by atoms with E-state index in [1.54, 1.807) is 0 Å². The highest BCUT2D eigenvalue weighted by Gasteiger charge is 2.62. The molecule has 0 fully saturated rings. The standard InChI is InChI=1S/C6H8F3NO5/c1-14-3(11)5(13,6(7,8)9)10-4(12)15-2/h13H,1-2H3,(H,10,12)/t5-/m0/s1. The molecule has 0 radical (unpaired) electrons. The summed E-state index contributed by atoms with van der Waals surface area (Å²) in [7, 11) is 1.39. The Labute approximate surface area is 82.0 Å². The van der Waals surface area contributed by atoms with Gasteiger partial charge in [0.15, 0.2) is 0 Å². The number of amides is 1. The average molecular weight is 231 g/mol. The fourth-order valence-electron chi connectivity index (χ4n) is 0.584. The van der Waals surface area contributed by atoms with Crippen molar-refractivity contribution >= 4 is 12.1 Å². The number of methoxy groups -OCH3 is 2. The van der Waals surface area contributed by atoms with Crippen LogP contribution in [0, 0.1) is 0 Å². The summed E-state index contributed by atoms with van der Waals surface area (Å²) < 4.78 is 44.2. The number of rotatable bonds is 2. The summed E-state index contributed by atoms with van der Waals surface area (Å²) in [5.41, 5.74) is -4.12. The Morgan fingerprint density at radius 3 is 1.93 bits per heavy atom. The van der Waals surface area contributed by atoms with E-state index in [1.165, 1.54) is 0 Å². The Hall–Kier alpha value is -1.51. The second-order valence-electron chi connectivity index (χ2n) is 2.32. The van der Waals surface area contributed by atoms with Crippen molar-refractivity contribution < 1.29 is 37.3 Å². The van der Waals surface area contributed by atoms with Gasteiger partial charge in [-0.3, -0.25) is 5.32 Å². The minimum Gasteiger partial charge on any atom is -0.465 e. The van der Waals surface area contributed by atoms with Gasteiger partial charge in [-0.1, -0.05) is 0 Å². The number of carbonyl (C=O) groups excluding carboxylic acids is 2.